The molecule has 3 rings (SSSR count). The first kappa shape index (κ1) is 17.5. The fraction of sp³-hybridized carbons (Fsp3) is 0.474. The Labute approximate surface area is 149 Å². The molecule has 1 aromatic carbocycles. The van der Waals surface area contributed by atoms with Crippen LogP contribution in [0.4, 0.5) is 17.1 Å². The van der Waals surface area contributed by atoms with Crippen LogP contribution in [0.2, 0.25) is 0 Å². The monoisotopic (exact) mass is 341 g/mol. The summed E-state index contributed by atoms with van der Waals surface area (Å²) < 4.78 is 1.69. The molecule has 0 aliphatic carbocycles. The van der Waals surface area contributed by atoms with Crippen molar-refractivity contribution in [1.82, 2.24) is 14.7 Å². The molecule has 1 aliphatic heterocycles. The molecule has 1 aliphatic rings. The number of aryl methyl sites for hydroxylation is 2. The predicted octanol–water partition coefficient (Wildman–Crippen LogP) is 3.16. The molecule has 2 heterocycles. The number of nitrogens with zero attached hydrogens (tertiary/aromatic N) is 4. The second-order valence-corrected chi connectivity index (χ2v) is 6.89. The highest BCUT2D eigenvalue weighted by Gasteiger charge is 2.30. The van der Waals surface area contributed by atoms with E-state index in [1.807, 2.05) is 32.2 Å². The molecule has 6 nitrogen and oxygen atoms in total. The number of unbranched alkanes of at least 4 members (excludes halogenated alkanes) is 2. The Balaban J connectivity index is 1.90. The lowest BCUT2D eigenvalue weighted by atomic mass is 10.1. The van der Waals surface area contributed by atoms with Crippen molar-refractivity contribution in [2.45, 2.75) is 26.2 Å². The van der Waals surface area contributed by atoms with E-state index in [1.165, 1.54) is 6.42 Å². The van der Waals surface area contributed by atoms with Crippen molar-refractivity contribution in [3.05, 3.63) is 35.7 Å². The van der Waals surface area contributed by atoms with Crippen LogP contribution < -0.4 is 10.2 Å². The zero-order valence-electron chi connectivity index (χ0n) is 15.5. The number of aromatic nitrogens is 2. The molecule has 1 amide bonds. The van der Waals surface area contributed by atoms with Gasteiger partial charge in [-0.25, -0.2) is 0 Å². The quantitative estimate of drug-likeness (QED) is 0.820. The Morgan fingerprint density at radius 1 is 1.16 bits per heavy atom. The Morgan fingerprint density at radius 2 is 1.92 bits per heavy atom. The zero-order chi connectivity index (χ0) is 18.0. The highest BCUT2D eigenvalue weighted by Crippen LogP contribution is 2.39. The van der Waals surface area contributed by atoms with E-state index in [0.29, 0.717) is 5.69 Å². The number of anilines is 3. The Hall–Kier alpha value is -2.34. The summed E-state index contributed by atoms with van der Waals surface area (Å²) in [5.74, 6) is -0.0966. The van der Waals surface area contributed by atoms with Gasteiger partial charge >= 0.3 is 0 Å². The summed E-state index contributed by atoms with van der Waals surface area (Å²) in [6.45, 7) is 3.95. The molecular formula is C19H27N5O. The fourth-order valence-corrected chi connectivity index (χ4v) is 3.45. The van der Waals surface area contributed by atoms with Gasteiger partial charge in [-0.15, -0.1) is 0 Å². The van der Waals surface area contributed by atoms with Gasteiger partial charge in [0.15, 0.2) is 0 Å². The minimum Gasteiger partial charge on any atom is -0.336 e. The number of carbonyl (C=O) groups excluding carboxylic acids is 1. The number of hydrogen-bond donors (Lipinski definition) is 1. The smallest absolute Gasteiger partial charge is 0.276 e. The van der Waals surface area contributed by atoms with Crippen LogP contribution in [-0.4, -0.2) is 47.8 Å². The highest BCUT2D eigenvalue weighted by molar-refractivity contribution is 6.11. The first-order chi connectivity index (χ1) is 12.0. The van der Waals surface area contributed by atoms with Gasteiger partial charge in [0.05, 0.1) is 22.8 Å². The molecule has 134 valence electrons. The molecule has 6 heteroatoms. The van der Waals surface area contributed by atoms with Gasteiger partial charge < -0.3 is 15.1 Å². The summed E-state index contributed by atoms with van der Waals surface area (Å²) in [5, 5.41) is 7.51. The van der Waals surface area contributed by atoms with Crippen molar-refractivity contribution in [1.29, 1.82) is 0 Å². The normalized spacial score (nSPS) is 13.5. The third kappa shape index (κ3) is 3.54. The van der Waals surface area contributed by atoms with Crippen LogP contribution in [0.15, 0.2) is 24.3 Å². The fourth-order valence-electron chi connectivity index (χ4n) is 3.45. The molecule has 0 unspecified atom stereocenters. The number of para-hydroxylation sites is 2. The van der Waals surface area contributed by atoms with Crippen LogP contribution in [0, 0.1) is 6.92 Å². The van der Waals surface area contributed by atoms with Crippen LogP contribution >= 0.6 is 0 Å². The molecule has 0 radical (unpaired) electrons. The van der Waals surface area contributed by atoms with E-state index in [9.17, 15) is 4.79 Å². The van der Waals surface area contributed by atoms with Crippen molar-refractivity contribution in [3.63, 3.8) is 0 Å². The Kier molecular flexibility index (Phi) is 5.08. The van der Waals surface area contributed by atoms with E-state index < -0.39 is 0 Å². The summed E-state index contributed by atoms with van der Waals surface area (Å²) in [6.07, 6.45) is 3.41. The maximum atomic E-state index is 12.7. The summed E-state index contributed by atoms with van der Waals surface area (Å²) in [7, 11) is 6.04. The van der Waals surface area contributed by atoms with E-state index in [-0.39, 0.29) is 5.91 Å². The van der Waals surface area contributed by atoms with Gasteiger partial charge in [-0.3, -0.25) is 9.48 Å². The molecule has 0 saturated heterocycles. The van der Waals surface area contributed by atoms with Crippen LogP contribution in [0.3, 0.4) is 0 Å². The number of hydrogen-bond acceptors (Lipinski definition) is 4. The van der Waals surface area contributed by atoms with Crippen LogP contribution in [0.25, 0.3) is 0 Å². The van der Waals surface area contributed by atoms with Gasteiger partial charge in [0.25, 0.3) is 5.91 Å². The molecule has 0 fully saturated rings. The third-order valence-electron chi connectivity index (χ3n) is 4.61. The van der Waals surface area contributed by atoms with Gasteiger partial charge in [-0.1, -0.05) is 18.6 Å². The summed E-state index contributed by atoms with van der Waals surface area (Å²) in [4.78, 5) is 17.2. The van der Waals surface area contributed by atoms with Gasteiger partial charge in [-0.05, 0) is 52.5 Å². The number of fused-ring (bicyclic) bond motifs is 2. The molecular weight excluding hydrogens is 314 g/mol. The second-order valence-electron chi connectivity index (χ2n) is 6.89. The average molecular weight is 341 g/mol. The van der Waals surface area contributed by atoms with Gasteiger partial charge in [0, 0.05) is 13.6 Å². The lowest BCUT2D eigenvalue weighted by Crippen LogP contribution is -2.20. The number of rotatable bonds is 6. The van der Waals surface area contributed by atoms with Crippen LogP contribution in [0.1, 0.15) is 35.4 Å². The second kappa shape index (κ2) is 7.27. The third-order valence-corrected chi connectivity index (χ3v) is 4.61. The van der Waals surface area contributed by atoms with E-state index in [1.54, 1.807) is 4.68 Å². The van der Waals surface area contributed by atoms with Gasteiger partial charge in [-0.2, -0.15) is 5.10 Å². The number of carbonyl (C=O) groups is 1. The lowest BCUT2D eigenvalue weighted by molar-refractivity contribution is 0.101. The highest BCUT2D eigenvalue weighted by atomic mass is 16.2. The maximum Gasteiger partial charge on any atom is 0.276 e. The number of nitrogens with one attached hydrogen (secondary N) is 1. The van der Waals surface area contributed by atoms with Crippen molar-refractivity contribution in [2.24, 2.45) is 7.05 Å². The summed E-state index contributed by atoms with van der Waals surface area (Å²) in [5.41, 5.74) is 4.34. The first-order valence-electron chi connectivity index (χ1n) is 8.85. The van der Waals surface area contributed by atoms with Crippen molar-refractivity contribution in [3.8, 4) is 0 Å². The minimum absolute atomic E-state index is 0.0966. The standard InChI is InChI=1S/C19H27N5O/c1-14-17-18(23(4)21-14)19(25)20-15-10-6-7-11-16(15)24(17)13-9-5-8-12-22(2)3/h6-7,10-11H,5,8-9,12-13H2,1-4H3,(H,20,25). The van der Waals surface area contributed by atoms with E-state index in [4.69, 9.17) is 0 Å². The van der Waals surface area contributed by atoms with Crippen molar-refractivity contribution >= 4 is 23.0 Å². The Bertz CT molecular complexity index is 765. The van der Waals surface area contributed by atoms with Crippen molar-refractivity contribution in [2.75, 3.05) is 37.4 Å². The molecule has 0 bridgehead atoms. The van der Waals surface area contributed by atoms with E-state index in [0.717, 1.165) is 48.7 Å². The lowest BCUT2D eigenvalue weighted by Gasteiger charge is -2.25. The molecule has 0 atom stereocenters. The van der Waals surface area contributed by atoms with Crippen LogP contribution in [-0.2, 0) is 7.05 Å². The van der Waals surface area contributed by atoms with Crippen LogP contribution in [0.5, 0.6) is 0 Å². The molecule has 2 aromatic rings. The van der Waals surface area contributed by atoms with Gasteiger partial charge in [0.2, 0.25) is 0 Å². The minimum atomic E-state index is -0.0966. The molecule has 25 heavy (non-hydrogen) atoms. The predicted molar refractivity (Wildman–Crippen MR) is 102 cm³/mol. The zero-order valence-corrected chi connectivity index (χ0v) is 15.5. The Morgan fingerprint density at radius 3 is 2.68 bits per heavy atom. The molecule has 0 spiro atoms. The SMILES string of the molecule is Cc1nn(C)c2c1N(CCCCCN(C)C)c1ccccc1NC2=O. The molecule has 1 N–H and O–H groups in total. The molecule has 1 aromatic heterocycles. The van der Waals surface area contributed by atoms with Crippen molar-refractivity contribution < 1.29 is 4.79 Å². The summed E-state index contributed by atoms with van der Waals surface area (Å²) in [6, 6.07) is 7.99. The molecule has 0 saturated carbocycles. The topological polar surface area (TPSA) is 53.4 Å². The maximum absolute atomic E-state index is 12.7. The van der Waals surface area contributed by atoms with Gasteiger partial charge in [0.1, 0.15) is 5.69 Å². The number of benzene rings is 1. The average Bonchev–Trinajstić information content (AvgIpc) is 2.78. The summed E-state index contributed by atoms with van der Waals surface area (Å²) >= 11 is 0. The van der Waals surface area contributed by atoms with E-state index >= 15 is 0 Å². The first-order valence-corrected chi connectivity index (χ1v) is 8.85. The number of amides is 1. The van der Waals surface area contributed by atoms with E-state index in [2.05, 4.69) is 40.4 Å². The largest absolute Gasteiger partial charge is 0.336 e.